The summed E-state index contributed by atoms with van der Waals surface area (Å²) in [6.07, 6.45) is 2.79. The standard InChI is InChI=1S/C10H16N2O2/c1-10(2)5-7(4-8(13)6-10)12-9(14)11-3/h4H,5-6H2,1-3H3,(H2,11,12,14). The van der Waals surface area contributed by atoms with Crippen LogP contribution in [0.3, 0.4) is 0 Å². The van der Waals surface area contributed by atoms with Crippen LogP contribution in [0.5, 0.6) is 0 Å². The fourth-order valence-corrected chi connectivity index (χ4v) is 1.63. The van der Waals surface area contributed by atoms with Gasteiger partial charge >= 0.3 is 6.03 Å². The lowest BCUT2D eigenvalue weighted by atomic mass is 9.79. The summed E-state index contributed by atoms with van der Waals surface area (Å²) >= 11 is 0. The van der Waals surface area contributed by atoms with Gasteiger partial charge in [0.2, 0.25) is 0 Å². The molecule has 0 unspecified atom stereocenters. The van der Waals surface area contributed by atoms with Crippen LogP contribution in [0.4, 0.5) is 4.79 Å². The molecule has 0 heterocycles. The molecule has 4 nitrogen and oxygen atoms in total. The predicted octanol–water partition coefficient (Wildman–Crippen LogP) is 1.19. The van der Waals surface area contributed by atoms with E-state index in [-0.39, 0.29) is 17.2 Å². The molecular weight excluding hydrogens is 180 g/mol. The van der Waals surface area contributed by atoms with E-state index < -0.39 is 0 Å². The van der Waals surface area contributed by atoms with Gasteiger partial charge in [-0.25, -0.2) is 4.79 Å². The van der Waals surface area contributed by atoms with Gasteiger partial charge in [-0.3, -0.25) is 4.79 Å². The molecule has 2 N–H and O–H groups in total. The van der Waals surface area contributed by atoms with Crippen LogP contribution in [0.15, 0.2) is 11.8 Å². The summed E-state index contributed by atoms with van der Waals surface area (Å²) in [6, 6.07) is -0.276. The maximum absolute atomic E-state index is 11.3. The Hall–Kier alpha value is -1.32. The van der Waals surface area contributed by atoms with E-state index in [2.05, 4.69) is 10.6 Å². The number of allylic oxidation sites excluding steroid dienone is 2. The highest BCUT2D eigenvalue weighted by Crippen LogP contribution is 2.32. The van der Waals surface area contributed by atoms with Gasteiger partial charge < -0.3 is 10.6 Å². The molecule has 0 fully saturated rings. The van der Waals surface area contributed by atoms with Crippen LogP contribution in [0.1, 0.15) is 26.7 Å². The summed E-state index contributed by atoms with van der Waals surface area (Å²) < 4.78 is 0. The van der Waals surface area contributed by atoms with Crippen LogP contribution in [0.2, 0.25) is 0 Å². The van der Waals surface area contributed by atoms with Gasteiger partial charge in [-0.05, 0) is 11.8 Å². The third-order valence-electron chi connectivity index (χ3n) is 2.16. The first kappa shape index (κ1) is 10.8. The summed E-state index contributed by atoms with van der Waals surface area (Å²) in [5.41, 5.74) is 0.646. The molecule has 0 saturated carbocycles. The van der Waals surface area contributed by atoms with Crippen LogP contribution >= 0.6 is 0 Å². The number of hydrogen-bond acceptors (Lipinski definition) is 2. The van der Waals surface area contributed by atoms with Crippen LogP contribution in [-0.4, -0.2) is 18.9 Å². The van der Waals surface area contributed by atoms with Crippen molar-refractivity contribution in [2.24, 2.45) is 5.41 Å². The first-order valence-corrected chi connectivity index (χ1v) is 4.65. The molecule has 78 valence electrons. The molecule has 0 aromatic carbocycles. The van der Waals surface area contributed by atoms with Crippen molar-refractivity contribution >= 4 is 11.8 Å². The molecule has 1 aliphatic rings. The van der Waals surface area contributed by atoms with Gasteiger partial charge in [0.05, 0.1) is 0 Å². The summed E-state index contributed by atoms with van der Waals surface area (Å²) in [7, 11) is 1.55. The second kappa shape index (κ2) is 3.82. The van der Waals surface area contributed by atoms with Crippen LogP contribution in [0.25, 0.3) is 0 Å². The fraction of sp³-hybridized carbons (Fsp3) is 0.600. The van der Waals surface area contributed by atoms with Gasteiger partial charge in [-0.2, -0.15) is 0 Å². The number of ketones is 1. The smallest absolute Gasteiger partial charge is 0.318 e. The Labute approximate surface area is 83.8 Å². The molecule has 0 atom stereocenters. The van der Waals surface area contributed by atoms with Crippen molar-refractivity contribution in [2.75, 3.05) is 7.05 Å². The first-order valence-electron chi connectivity index (χ1n) is 4.65. The molecule has 2 amide bonds. The number of rotatable bonds is 1. The topological polar surface area (TPSA) is 58.2 Å². The number of urea groups is 1. The SMILES string of the molecule is CNC(=O)NC1=CC(=O)CC(C)(C)C1. The van der Waals surface area contributed by atoms with Crippen molar-refractivity contribution in [3.05, 3.63) is 11.8 Å². The molecule has 0 aliphatic heterocycles. The molecule has 14 heavy (non-hydrogen) atoms. The zero-order valence-corrected chi connectivity index (χ0v) is 8.81. The fourth-order valence-electron chi connectivity index (χ4n) is 1.63. The molecule has 0 aromatic heterocycles. The highest BCUT2D eigenvalue weighted by molar-refractivity contribution is 5.92. The number of hydrogen-bond donors (Lipinski definition) is 2. The molecule has 0 saturated heterocycles. The van der Waals surface area contributed by atoms with E-state index in [0.29, 0.717) is 12.1 Å². The van der Waals surface area contributed by atoms with E-state index in [0.717, 1.165) is 6.42 Å². The van der Waals surface area contributed by atoms with Crippen LogP contribution in [0, 0.1) is 5.41 Å². The number of carbonyl (C=O) groups is 2. The van der Waals surface area contributed by atoms with E-state index in [1.54, 1.807) is 7.05 Å². The minimum absolute atomic E-state index is 0.0534. The third-order valence-corrected chi connectivity index (χ3v) is 2.16. The highest BCUT2D eigenvalue weighted by atomic mass is 16.2. The number of carbonyl (C=O) groups excluding carboxylic acids is 2. The predicted molar refractivity (Wildman–Crippen MR) is 53.7 cm³/mol. The Bertz CT molecular complexity index is 292. The van der Waals surface area contributed by atoms with Gasteiger partial charge in [-0.15, -0.1) is 0 Å². The summed E-state index contributed by atoms with van der Waals surface area (Å²) in [6.45, 7) is 4.03. The average Bonchev–Trinajstić information content (AvgIpc) is 1.99. The monoisotopic (exact) mass is 196 g/mol. The third kappa shape index (κ3) is 2.87. The Morgan fingerprint density at radius 2 is 2.07 bits per heavy atom. The van der Waals surface area contributed by atoms with Gasteiger partial charge in [-0.1, -0.05) is 13.8 Å². The Kier molecular flexibility index (Phi) is 2.93. The lowest BCUT2D eigenvalue weighted by Crippen LogP contribution is -2.36. The Morgan fingerprint density at radius 3 is 2.57 bits per heavy atom. The molecule has 0 radical (unpaired) electrons. The lowest BCUT2D eigenvalue weighted by Gasteiger charge is -2.28. The van der Waals surface area contributed by atoms with Crippen molar-refractivity contribution < 1.29 is 9.59 Å². The molecule has 0 bridgehead atoms. The average molecular weight is 196 g/mol. The van der Waals surface area contributed by atoms with E-state index in [1.807, 2.05) is 13.8 Å². The molecular formula is C10H16N2O2. The van der Waals surface area contributed by atoms with E-state index in [1.165, 1.54) is 6.08 Å². The first-order chi connectivity index (χ1) is 6.43. The van der Waals surface area contributed by atoms with Crippen molar-refractivity contribution in [1.29, 1.82) is 0 Å². The summed E-state index contributed by atoms with van der Waals surface area (Å²) in [5.74, 6) is 0.0765. The van der Waals surface area contributed by atoms with Crippen molar-refractivity contribution in [1.82, 2.24) is 10.6 Å². The van der Waals surface area contributed by atoms with Gasteiger partial charge in [0, 0.05) is 25.2 Å². The minimum Gasteiger partial charge on any atom is -0.341 e. The zero-order chi connectivity index (χ0) is 10.8. The summed E-state index contributed by atoms with van der Waals surface area (Å²) in [4.78, 5) is 22.3. The van der Waals surface area contributed by atoms with Gasteiger partial charge in [0.1, 0.15) is 0 Å². The van der Waals surface area contributed by atoms with Crippen LogP contribution in [-0.2, 0) is 4.79 Å². The Morgan fingerprint density at radius 1 is 1.43 bits per heavy atom. The summed E-state index contributed by atoms with van der Waals surface area (Å²) in [5, 5.41) is 5.10. The van der Waals surface area contributed by atoms with E-state index in [9.17, 15) is 9.59 Å². The lowest BCUT2D eigenvalue weighted by molar-refractivity contribution is -0.117. The largest absolute Gasteiger partial charge is 0.341 e. The second-order valence-corrected chi connectivity index (χ2v) is 4.36. The van der Waals surface area contributed by atoms with E-state index >= 15 is 0 Å². The maximum Gasteiger partial charge on any atom is 0.318 e. The van der Waals surface area contributed by atoms with E-state index in [4.69, 9.17) is 0 Å². The van der Waals surface area contributed by atoms with Crippen molar-refractivity contribution in [2.45, 2.75) is 26.7 Å². The molecule has 0 aromatic rings. The van der Waals surface area contributed by atoms with Crippen molar-refractivity contribution in [3.63, 3.8) is 0 Å². The minimum atomic E-state index is -0.276. The molecule has 4 heteroatoms. The Balaban J connectivity index is 2.70. The molecule has 0 spiro atoms. The maximum atomic E-state index is 11.3. The molecule has 1 aliphatic carbocycles. The number of nitrogens with one attached hydrogen (secondary N) is 2. The van der Waals surface area contributed by atoms with Crippen molar-refractivity contribution in [3.8, 4) is 0 Å². The molecule has 1 rings (SSSR count). The quantitative estimate of drug-likeness (QED) is 0.661. The van der Waals surface area contributed by atoms with Crippen LogP contribution < -0.4 is 10.6 Å². The highest BCUT2D eigenvalue weighted by Gasteiger charge is 2.27. The number of amides is 2. The normalized spacial score (nSPS) is 19.9. The second-order valence-electron chi connectivity index (χ2n) is 4.36. The van der Waals surface area contributed by atoms with Gasteiger partial charge in [0.25, 0.3) is 0 Å². The van der Waals surface area contributed by atoms with Gasteiger partial charge in [0.15, 0.2) is 5.78 Å². The zero-order valence-electron chi connectivity index (χ0n) is 8.81.